The van der Waals surface area contributed by atoms with Crippen molar-refractivity contribution in [2.75, 3.05) is 0 Å². The number of nitrogens with zero attached hydrogens (tertiary/aromatic N) is 2. The van der Waals surface area contributed by atoms with Crippen LogP contribution in [0.5, 0.6) is 5.75 Å². The molecule has 0 aliphatic carbocycles. The third-order valence-corrected chi connectivity index (χ3v) is 3.41. The molecule has 3 rings (SSSR count). The van der Waals surface area contributed by atoms with Crippen LogP contribution < -0.4 is 4.74 Å². The Kier molecular flexibility index (Phi) is 4.48. The van der Waals surface area contributed by atoms with E-state index in [4.69, 9.17) is 16.3 Å². The van der Waals surface area contributed by atoms with E-state index in [9.17, 15) is 8.78 Å². The predicted molar refractivity (Wildman–Crippen MR) is 83.2 cm³/mol. The van der Waals surface area contributed by atoms with Gasteiger partial charge < -0.3 is 4.74 Å². The maximum Gasteiger partial charge on any atom is 0.222 e. The number of rotatable bonds is 4. The zero-order valence-electron chi connectivity index (χ0n) is 11.8. The van der Waals surface area contributed by atoms with Crippen molar-refractivity contribution >= 4 is 11.6 Å². The van der Waals surface area contributed by atoms with E-state index in [1.165, 1.54) is 24.5 Å². The van der Waals surface area contributed by atoms with Gasteiger partial charge in [-0.05, 0) is 29.3 Å². The van der Waals surface area contributed by atoms with Gasteiger partial charge >= 0.3 is 0 Å². The molecule has 116 valence electrons. The molecule has 0 atom stereocenters. The first kappa shape index (κ1) is 15.4. The van der Waals surface area contributed by atoms with Crippen molar-refractivity contribution in [3.8, 4) is 16.9 Å². The van der Waals surface area contributed by atoms with Gasteiger partial charge in [0.1, 0.15) is 6.61 Å². The molecule has 1 aromatic heterocycles. The lowest BCUT2D eigenvalue weighted by atomic mass is 10.1. The third kappa shape index (κ3) is 3.46. The Morgan fingerprint density at radius 1 is 0.913 bits per heavy atom. The highest BCUT2D eigenvalue weighted by atomic mass is 35.5. The Morgan fingerprint density at radius 2 is 1.61 bits per heavy atom. The van der Waals surface area contributed by atoms with Crippen molar-refractivity contribution in [1.82, 2.24) is 9.97 Å². The number of halogens is 3. The molecule has 1 heterocycles. The molecule has 0 N–H and O–H groups in total. The summed E-state index contributed by atoms with van der Waals surface area (Å²) in [5, 5.41) is 0.0393. The highest BCUT2D eigenvalue weighted by molar-refractivity contribution is 6.28. The summed E-state index contributed by atoms with van der Waals surface area (Å²) in [4.78, 5) is 7.52. The van der Waals surface area contributed by atoms with Crippen LogP contribution in [0.4, 0.5) is 8.78 Å². The molecule has 0 saturated carbocycles. The van der Waals surface area contributed by atoms with E-state index >= 15 is 0 Å². The minimum Gasteiger partial charge on any atom is -0.486 e. The number of hydrogen-bond donors (Lipinski definition) is 0. The Hall–Kier alpha value is -2.53. The van der Waals surface area contributed by atoms with Gasteiger partial charge in [-0.3, -0.25) is 0 Å². The molecule has 6 heteroatoms. The molecule has 23 heavy (non-hydrogen) atoms. The van der Waals surface area contributed by atoms with Crippen LogP contribution in [0.2, 0.25) is 5.28 Å². The Morgan fingerprint density at radius 3 is 2.30 bits per heavy atom. The van der Waals surface area contributed by atoms with Crippen LogP contribution in [0.25, 0.3) is 11.1 Å². The number of aromatic nitrogens is 2. The molecule has 2 aromatic carbocycles. The van der Waals surface area contributed by atoms with E-state index in [1.54, 1.807) is 0 Å². The summed E-state index contributed by atoms with van der Waals surface area (Å²) in [5.74, 6) is -2.21. The van der Waals surface area contributed by atoms with Gasteiger partial charge in [-0.2, -0.15) is 4.39 Å². The standard InChI is InChI=1S/C17H11ClF2N2O/c18-17-21-8-12(9-22-17)13-6-7-14(16(20)15(13)19)23-10-11-4-2-1-3-5-11/h1-9H,10H2. The molecule has 0 aliphatic heterocycles. The maximum atomic E-state index is 14.2. The zero-order valence-corrected chi connectivity index (χ0v) is 12.6. The van der Waals surface area contributed by atoms with Crippen molar-refractivity contribution in [2.24, 2.45) is 0 Å². The summed E-state index contributed by atoms with van der Waals surface area (Å²) in [5.41, 5.74) is 1.24. The van der Waals surface area contributed by atoms with Crippen LogP contribution in [0.1, 0.15) is 5.56 Å². The van der Waals surface area contributed by atoms with Gasteiger partial charge in [-0.1, -0.05) is 30.3 Å². The minimum absolute atomic E-state index is 0.0393. The molecule has 0 bridgehead atoms. The fraction of sp³-hybridized carbons (Fsp3) is 0.0588. The lowest BCUT2D eigenvalue weighted by Gasteiger charge is -2.10. The molecule has 0 saturated heterocycles. The lowest BCUT2D eigenvalue weighted by molar-refractivity contribution is 0.285. The summed E-state index contributed by atoms with van der Waals surface area (Å²) in [7, 11) is 0. The molecule has 0 amide bonds. The van der Waals surface area contributed by atoms with E-state index in [0.29, 0.717) is 5.56 Å². The smallest absolute Gasteiger partial charge is 0.222 e. The average molecular weight is 333 g/mol. The van der Waals surface area contributed by atoms with Gasteiger partial charge in [0.2, 0.25) is 11.1 Å². The molecular weight excluding hydrogens is 322 g/mol. The Balaban J connectivity index is 1.84. The normalized spacial score (nSPS) is 10.6. The van der Waals surface area contributed by atoms with Crippen molar-refractivity contribution in [2.45, 2.75) is 6.61 Å². The van der Waals surface area contributed by atoms with Crippen LogP contribution in [-0.4, -0.2) is 9.97 Å². The van der Waals surface area contributed by atoms with Crippen molar-refractivity contribution in [3.63, 3.8) is 0 Å². The van der Waals surface area contributed by atoms with E-state index in [1.807, 2.05) is 30.3 Å². The van der Waals surface area contributed by atoms with Gasteiger partial charge in [-0.15, -0.1) is 0 Å². The second-order valence-electron chi connectivity index (χ2n) is 4.75. The predicted octanol–water partition coefficient (Wildman–Crippen LogP) is 4.65. The summed E-state index contributed by atoms with van der Waals surface area (Å²) in [6, 6.07) is 12.0. The molecule has 0 spiro atoms. The van der Waals surface area contributed by atoms with Crippen molar-refractivity contribution < 1.29 is 13.5 Å². The molecule has 0 radical (unpaired) electrons. The topological polar surface area (TPSA) is 35.0 Å². The quantitative estimate of drug-likeness (QED) is 0.652. The zero-order chi connectivity index (χ0) is 16.2. The van der Waals surface area contributed by atoms with Crippen molar-refractivity contribution in [3.05, 3.63) is 77.3 Å². The molecule has 3 nitrogen and oxygen atoms in total. The van der Waals surface area contributed by atoms with Crippen molar-refractivity contribution in [1.29, 1.82) is 0 Å². The maximum absolute atomic E-state index is 14.2. The first-order chi connectivity index (χ1) is 11.1. The number of ether oxygens (including phenoxy) is 1. The molecule has 0 aliphatic rings. The number of benzene rings is 2. The van der Waals surface area contributed by atoms with E-state index < -0.39 is 11.6 Å². The second-order valence-corrected chi connectivity index (χ2v) is 5.09. The lowest BCUT2D eigenvalue weighted by Crippen LogP contribution is -2.00. The van der Waals surface area contributed by atoms with Gasteiger partial charge in [0.25, 0.3) is 0 Å². The fourth-order valence-electron chi connectivity index (χ4n) is 2.05. The second kappa shape index (κ2) is 6.71. The van der Waals surface area contributed by atoms with Crippen LogP contribution in [0, 0.1) is 11.6 Å². The van der Waals surface area contributed by atoms with Crippen LogP contribution in [-0.2, 0) is 6.61 Å². The average Bonchev–Trinajstić information content (AvgIpc) is 2.58. The molecule has 3 aromatic rings. The van der Waals surface area contributed by atoms with Gasteiger partial charge in [0.05, 0.1) is 0 Å². The summed E-state index contributed by atoms with van der Waals surface area (Å²) < 4.78 is 33.7. The SMILES string of the molecule is Fc1c(OCc2ccccc2)ccc(-c2cnc(Cl)nc2)c1F. The minimum atomic E-state index is -1.05. The van der Waals surface area contributed by atoms with Gasteiger partial charge in [-0.25, -0.2) is 14.4 Å². The van der Waals surface area contributed by atoms with Gasteiger partial charge in [0, 0.05) is 23.5 Å². The highest BCUT2D eigenvalue weighted by Crippen LogP contribution is 2.29. The van der Waals surface area contributed by atoms with Crippen LogP contribution >= 0.6 is 11.6 Å². The third-order valence-electron chi connectivity index (χ3n) is 3.22. The number of hydrogen-bond acceptors (Lipinski definition) is 3. The fourth-order valence-corrected chi connectivity index (χ4v) is 2.15. The Bertz CT molecular complexity index is 811. The van der Waals surface area contributed by atoms with E-state index in [0.717, 1.165) is 5.56 Å². The molecular formula is C17H11ClF2N2O. The summed E-state index contributed by atoms with van der Waals surface area (Å²) >= 11 is 5.58. The van der Waals surface area contributed by atoms with E-state index in [-0.39, 0.29) is 23.2 Å². The first-order valence-corrected chi connectivity index (χ1v) is 7.15. The first-order valence-electron chi connectivity index (χ1n) is 6.78. The van der Waals surface area contributed by atoms with Crippen LogP contribution in [0.15, 0.2) is 54.9 Å². The Labute approximate surface area is 136 Å². The molecule has 0 unspecified atom stereocenters. The summed E-state index contributed by atoms with van der Waals surface area (Å²) in [6.07, 6.45) is 2.66. The molecule has 0 fully saturated rings. The van der Waals surface area contributed by atoms with Crippen LogP contribution in [0.3, 0.4) is 0 Å². The highest BCUT2D eigenvalue weighted by Gasteiger charge is 2.16. The van der Waals surface area contributed by atoms with Gasteiger partial charge in [0.15, 0.2) is 11.6 Å². The summed E-state index contributed by atoms with van der Waals surface area (Å²) in [6.45, 7) is 0.153. The van der Waals surface area contributed by atoms with E-state index in [2.05, 4.69) is 9.97 Å². The largest absolute Gasteiger partial charge is 0.486 e. The monoisotopic (exact) mass is 332 g/mol.